The van der Waals surface area contributed by atoms with Crippen molar-refractivity contribution in [3.63, 3.8) is 0 Å². The molecule has 5 rings (SSSR count). The number of rotatable bonds is 3. The lowest BCUT2D eigenvalue weighted by Crippen LogP contribution is -2.51. The molecule has 130 valence electrons. The number of ether oxygens (including phenoxy) is 1. The first-order valence-corrected chi connectivity index (χ1v) is 10.4. The summed E-state index contributed by atoms with van der Waals surface area (Å²) in [6.07, 6.45) is 1.30. The minimum absolute atomic E-state index is 0.615. The van der Waals surface area contributed by atoms with Crippen molar-refractivity contribution >= 4 is 17.4 Å². The van der Waals surface area contributed by atoms with E-state index in [0.29, 0.717) is 18.6 Å². The number of nitrogens with zero attached hydrogens (tertiary/aromatic N) is 1. The Bertz CT molecular complexity index is 806. The highest BCUT2D eigenvalue weighted by Crippen LogP contribution is 2.55. The van der Waals surface area contributed by atoms with E-state index in [1.807, 2.05) is 11.8 Å². The second-order valence-electron chi connectivity index (χ2n) is 7.01. The first kappa shape index (κ1) is 15.6. The van der Waals surface area contributed by atoms with E-state index in [-0.39, 0.29) is 0 Å². The summed E-state index contributed by atoms with van der Waals surface area (Å²) >= 11 is 2.03. The number of hydrogen-bond acceptors (Lipinski definition) is 4. The first-order chi connectivity index (χ1) is 12.4. The maximum atomic E-state index is 5.95. The Hall–Kier alpha value is -1.65. The number of hydrogen-bond donors (Lipinski definition) is 1. The lowest BCUT2D eigenvalue weighted by Gasteiger charge is -2.36. The van der Waals surface area contributed by atoms with Crippen LogP contribution in [0.1, 0.15) is 24.8 Å². The Kier molecular flexibility index (Phi) is 3.90. The van der Waals surface area contributed by atoms with E-state index in [1.54, 1.807) is 5.56 Å². The Labute approximate surface area is 153 Å². The van der Waals surface area contributed by atoms with Gasteiger partial charge in [-0.25, -0.2) is 0 Å². The monoisotopic (exact) mass is 352 g/mol. The van der Waals surface area contributed by atoms with Gasteiger partial charge in [0.1, 0.15) is 5.75 Å². The molecule has 0 radical (unpaired) electrons. The molecular weight excluding hydrogens is 328 g/mol. The Morgan fingerprint density at radius 1 is 1.20 bits per heavy atom. The third-order valence-electron chi connectivity index (χ3n) is 5.75. The number of fused-ring (bicyclic) bond motifs is 3. The fourth-order valence-electron chi connectivity index (χ4n) is 4.76. The normalized spacial score (nSPS) is 24.0. The minimum atomic E-state index is 0.615. The van der Waals surface area contributed by atoms with E-state index in [4.69, 9.17) is 4.74 Å². The van der Waals surface area contributed by atoms with Crippen molar-refractivity contribution in [1.29, 1.82) is 0 Å². The highest BCUT2D eigenvalue weighted by atomic mass is 32.2. The van der Waals surface area contributed by atoms with Crippen molar-refractivity contribution < 1.29 is 4.74 Å². The lowest BCUT2D eigenvalue weighted by molar-refractivity contribution is 0.341. The fourth-order valence-corrected chi connectivity index (χ4v) is 5.92. The molecule has 2 aromatic rings. The second-order valence-corrected chi connectivity index (χ2v) is 8.15. The summed E-state index contributed by atoms with van der Waals surface area (Å²) in [6, 6.07) is 13.8. The molecule has 2 unspecified atom stereocenters. The van der Waals surface area contributed by atoms with Gasteiger partial charge in [0, 0.05) is 53.3 Å². The maximum Gasteiger partial charge on any atom is 0.127 e. The Morgan fingerprint density at radius 3 is 3.04 bits per heavy atom. The van der Waals surface area contributed by atoms with Crippen LogP contribution in [0.15, 0.2) is 41.3 Å². The highest BCUT2D eigenvalue weighted by molar-refractivity contribution is 7.99. The number of anilines is 1. The van der Waals surface area contributed by atoms with Crippen LogP contribution in [0.3, 0.4) is 0 Å². The molecular formula is C21H24N2OS. The topological polar surface area (TPSA) is 24.5 Å². The lowest BCUT2D eigenvalue weighted by atomic mass is 9.89. The molecule has 0 amide bonds. The number of thioether (sulfide) groups is 1. The molecule has 1 N–H and O–H groups in total. The van der Waals surface area contributed by atoms with Crippen LogP contribution in [-0.2, 0) is 0 Å². The largest absolute Gasteiger partial charge is 0.493 e. The number of piperazine rings is 1. The van der Waals surface area contributed by atoms with Crippen LogP contribution in [0.25, 0.3) is 11.1 Å². The molecule has 0 saturated carbocycles. The zero-order valence-electron chi connectivity index (χ0n) is 14.6. The van der Waals surface area contributed by atoms with Crippen LogP contribution < -0.4 is 15.0 Å². The minimum Gasteiger partial charge on any atom is -0.493 e. The molecule has 3 aliphatic heterocycles. The zero-order valence-corrected chi connectivity index (χ0v) is 15.4. The molecule has 0 bridgehead atoms. The molecule has 4 heteroatoms. The molecule has 1 saturated heterocycles. The highest BCUT2D eigenvalue weighted by Gasteiger charge is 2.43. The van der Waals surface area contributed by atoms with Crippen molar-refractivity contribution in [2.45, 2.75) is 30.2 Å². The molecule has 3 nitrogen and oxygen atoms in total. The quantitative estimate of drug-likeness (QED) is 0.898. The average Bonchev–Trinajstić information content (AvgIpc) is 3.00. The molecule has 3 heterocycles. The maximum absolute atomic E-state index is 5.95. The molecule has 25 heavy (non-hydrogen) atoms. The van der Waals surface area contributed by atoms with E-state index < -0.39 is 0 Å². The Balaban J connectivity index is 1.72. The van der Waals surface area contributed by atoms with Gasteiger partial charge in [0.15, 0.2) is 0 Å². The van der Waals surface area contributed by atoms with Gasteiger partial charge in [-0.3, -0.25) is 0 Å². The van der Waals surface area contributed by atoms with Crippen molar-refractivity contribution in [1.82, 2.24) is 5.32 Å². The van der Waals surface area contributed by atoms with Gasteiger partial charge in [0.25, 0.3) is 0 Å². The SMILES string of the molecule is CCOc1ccccc1-c1ccc2c3c1N1CCNCC1C3CCS2. The molecule has 2 aromatic carbocycles. The van der Waals surface area contributed by atoms with Crippen LogP contribution in [0, 0.1) is 0 Å². The van der Waals surface area contributed by atoms with E-state index in [2.05, 4.69) is 53.5 Å². The van der Waals surface area contributed by atoms with E-state index >= 15 is 0 Å². The molecule has 1 fully saturated rings. The molecule has 0 spiro atoms. The summed E-state index contributed by atoms with van der Waals surface area (Å²) in [5.74, 6) is 2.93. The Morgan fingerprint density at radius 2 is 2.12 bits per heavy atom. The summed E-state index contributed by atoms with van der Waals surface area (Å²) in [7, 11) is 0. The van der Waals surface area contributed by atoms with Gasteiger partial charge in [-0.05, 0) is 36.8 Å². The van der Waals surface area contributed by atoms with E-state index in [9.17, 15) is 0 Å². The summed E-state index contributed by atoms with van der Waals surface area (Å²) < 4.78 is 5.95. The summed E-state index contributed by atoms with van der Waals surface area (Å²) in [5, 5.41) is 3.62. The molecule has 3 aliphatic rings. The van der Waals surface area contributed by atoms with Crippen molar-refractivity contribution in [2.24, 2.45) is 0 Å². The van der Waals surface area contributed by atoms with Crippen molar-refractivity contribution in [3.8, 4) is 16.9 Å². The second kappa shape index (κ2) is 6.26. The predicted octanol–water partition coefficient (Wildman–Crippen LogP) is 4.12. The van der Waals surface area contributed by atoms with E-state index in [0.717, 1.165) is 25.4 Å². The standard InChI is InChI=1S/C21H24N2OS/c1-2-24-18-6-4-3-5-14(18)15-7-8-19-20-16(9-12-25-19)17-13-22-10-11-23(17)21(15)20/h3-8,16-17,22H,2,9-13H2,1H3. The van der Waals surface area contributed by atoms with Crippen LogP contribution in [0.2, 0.25) is 0 Å². The van der Waals surface area contributed by atoms with Crippen LogP contribution in [0.5, 0.6) is 5.75 Å². The van der Waals surface area contributed by atoms with Gasteiger partial charge in [-0.1, -0.05) is 24.3 Å². The van der Waals surface area contributed by atoms with Crippen molar-refractivity contribution in [2.75, 3.05) is 36.9 Å². The zero-order chi connectivity index (χ0) is 16.8. The predicted molar refractivity (Wildman–Crippen MR) is 105 cm³/mol. The smallest absolute Gasteiger partial charge is 0.127 e. The summed E-state index contributed by atoms with van der Waals surface area (Å²) in [6.45, 7) is 6.04. The van der Waals surface area contributed by atoms with Crippen LogP contribution in [0.4, 0.5) is 5.69 Å². The van der Waals surface area contributed by atoms with Crippen LogP contribution in [-0.4, -0.2) is 38.0 Å². The van der Waals surface area contributed by atoms with Gasteiger partial charge in [0.05, 0.1) is 6.61 Å². The van der Waals surface area contributed by atoms with Crippen LogP contribution >= 0.6 is 11.8 Å². The first-order valence-electron chi connectivity index (χ1n) is 9.37. The number of nitrogens with one attached hydrogen (secondary N) is 1. The number of para-hydroxylation sites is 1. The molecule has 0 aliphatic carbocycles. The number of benzene rings is 2. The molecule has 2 atom stereocenters. The average molecular weight is 353 g/mol. The van der Waals surface area contributed by atoms with Crippen molar-refractivity contribution in [3.05, 3.63) is 42.0 Å². The van der Waals surface area contributed by atoms with E-state index in [1.165, 1.54) is 33.9 Å². The van der Waals surface area contributed by atoms with Gasteiger partial charge in [0.2, 0.25) is 0 Å². The van der Waals surface area contributed by atoms with Gasteiger partial charge in [-0.2, -0.15) is 0 Å². The van der Waals surface area contributed by atoms with Gasteiger partial charge in [-0.15, -0.1) is 11.8 Å². The summed E-state index contributed by atoms with van der Waals surface area (Å²) in [5.41, 5.74) is 5.66. The third-order valence-corrected chi connectivity index (χ3v) is 6.85. The third kappa shape index (κ3) is 2.38. The molecule has 0 aromatic heterocycles. The van der Waals surface area contributed by atoms with Gasteiger partial charge >= 0.3 is 0 Å². The van der Waals surface area contributed by atoms with Gasteiger partial charge < -0.3 is 15.0 Å². The summed E-state index contributed by atoms with van der Waals surface area (Å²) in [4.78, 5) is 4.18. The fraction of sp³-hybridized carbons (Fsp3) is 0.429.